The first-order chi connectivity index (χ1) is 12.1. The van der Waals surface area contributed by atoms with E-state index in [0.717, 1.165) is 36.5 Å². The molecule has 2 aromatic rings. The van der Waals surface area contributed by atoms with Crippen LogP contribution in [-0.4, -0.2) is 33.5 Å². The van der Waals surface area contributed by atoms with Gasteiger partial charge >= 0.3 is 0 Å². The smallest absolute Gasteiger partial charge is 0.240 e. The van der Waals surface area contributed by atoms with Crippen molar-refractivity contribution in [2.75, 3.05) is 13.2 Å². The van der Waals surface area contributed by atoms with Gasteiger partial charge in [0.2, 0.25) is 10.0 Å². The Morgan fingerprint density at radius 3 is 2.60 bits per heavy atom. The average molecular weight is 361 g/mol. The Kier molecular flexibility index (Phi) is 4.54. The van der Waals surface area contributed by atoms with Gasteiger partial charge in [0.1, 0.15) is 0 Å². The summed E-state index contributed by atoms with van der Waals surface area (Å²) in [5, 5.41) is 1.93. The van der Waals surface area contributed by atoms with Gasteiger partial charge < -0.3 is 9.47 Å². The normalized spacial score (nSPS) is 23.3. The lowest BCUT2D eigenvalue weighted by Crippen LogP contribution is -2.37. The van der Waals surface area contributed by atoms with Crippen LogP contribution in [0.1, 0.15) is 32.1 Å². The SMILES string of the molecule is O=S(=O)(NCC1COC2(CCCCC2)O1)c1ccc2ccccc2c1. The van der Waals surface area contributed by atoms with Crippen LogP contribution in [0, 0.1) is 0 Å². The molecule has 0 aromatic heterocycles. The summed E-state index contributed by atoms with van der Waals surface area (Å²) in [5.41, 5.74) is 0. The number of ether oxygens (including phenoxy) is 2. The lowest BCUT2D eigenvalue weighted by Gasteiger charge is -2.31. The molecular weight excluding hydrogens is 338 g/mol. The molecule has 134 valence electrons. The lowest BCUT2D eigenvalue weighted by molar-refractivity contribution is -0.186. The summed E-state index contributed by atoms with van der Waals surface area (Å²) in [5.74, 6) is -0.475. The monoisotopic (exact) mass is 361 g/mol. The minimum atomic E-state index is -3.57. The lowest BCUT2D eigenvalue weighted by atomic mass is 9.94. The Morgan fingerprint density at radius 2 is 1.80 bits per heavy atom. The van der Waals surface area contributed by atoms with Gasteiger partial charge in [0.05, 0.1) is 17.6 Å². The molecule has 1 unspecified atom stereocenters. The molecule has 6 heteroatoms. The van der Waals surface area contributed by atoms with Crippen molar-refractivity contribution < 1.29 is 17.9 Å². The van der Waals surface area contributed by atoms with E-state index < -0.39 is 15.8 Å². The summed E-state index contributed by atoms with van der Waals surface area (Å²) in [6.07, 6.45) is 5.01. The van der Waals surface area contributed by atoms with E-state index in [1.54, 1.807) is 12.1 Å². The van der Waals surface area contributed by atoms with Gasteiger partial charge in [-0.2, -0.15) is 0 Å². The molecule has 1 spiro atoms. The number of nitrogens with one attached hydrogen (secondary N) is 1. The molecule has 0 radical (unpaired) electrons. The van der Waals surface area contributed by atoms with Crippen LogP contribution in [0.25, 0.3) is 10.8 Å². The maximum absolute atomic E-state index is 12.6. The zero-order valence-electron chi connectivity index (χ0n) is 14.1. The number of fused-ring (bicyclic) bond motifs is 1. The van der Waals surface area contributed by atoms with Gasteiger partial charge in [-0.25, -0.2) is 13.1 Å². The highest BCUT2D eigenvalue weighted by atomic mass is 32.2. The van der Waals surface area contributed by atoms with E-state index in [1.807, 2.05) is 30.3 Å². The molecule has 2 aromatic carbocycles. The molecule has 0 amide bonds. The van der Waals surface area contributed by atoms with E-state index >= 15 is 0 Å². The fraction of sp³-hybridized carbons (Fsp3) is 0.474. The first kappa shape index (κ1) is 17.0. The van der Waals surface area contributed by atoms with Crippen LogP contribution in [0.4, 0.5) is 0 Å². The maximum atomic E-state index is 12.6. The summed E-state index contributed by atoms with van der Waals surface area (Å²) >= 11 is 0. The maximum Gasteiger partial charge on any atom is 0.240 e. The molecule has 1 aliphatic carbocycles. The van der Waals surface area contributed by atoms with Crippen molar-refractivity contribution >= 4 is 20.8 Å². The molecule has 1 aliphatic heterocycles. The van der Waals surface area contributed by atoms with Gasteiger partial charge in [-0.3, -0.25) is 0 Å². The Balaban J connectivity index is 1.42. The third kappa shape index (κ3) is 3.58. The van der Waals surface area contributed by atoms with Crippen LogP contribution in [0.15, 0.2) is 47.4 Å². The predicted octanol–water partition coefficient (Wildman–Crippen LogP) is 3.19. The topological polar surface area (TPSA) is 64.6 Å². The zero-order chi connectivity index (χ0) is 17.3. The second-order valence-electron chi connectivity index (χ2n) is 6.88. The Bertz CT molecular complexity index is 859. The van der Waals surface area contributed by atoms with E-state index in [2.05, 4.69) is 4.72 Å². The highest BCUT2D eigenvalue weighted by Crippen LogP contribution is 2.37. The van der Waals surface area contributed by atoms with Crippen LogP contribution in [0.2, 0.25) is 0 Å². The summed E-state index contributed by atoms with van der Waals surface area (Å²) < 4.78 is 39.8. The summed E-state index contributed by atoms with van der Waals surface area (Å²) in [4.78, 5) is 0.275. The fourth-order valence-electron chi connectivity index (χ4n) is 3.69. The number of hydrogen-bond donors (Lipinski definition) is 1. The second-order valence-corrected chi connectivity index (χ2v) is 8.65. The average Bonchev–Trinajstić information content (AvgIpc) is 3.03. The van der Waals surface area contributed by atoms with Crippen molar-refractivity contribution in [3.63, 3.8) is 0 Å². The van der Waals surface area contributed by atoms with Crippen LogP contribution >= 0.6 is 0 Å². The van der Waals surface area contributed by atoms with Gasteiger partial charge in [-0.1, -0.05) is 36.8 Å². The quantitative estimate of drug-likeness (QED) is 0.908. The van der Waals surface area contributed by atoms with Crippen LogP contribution in [0.5, 0.6) is 0 Å². The first-order valence-electron chi connectivity index (χ1n) is 8.87. The summed E-state index contributed by atoms with van der Waals surface area (Å²) in [6, 6.07) is 12.9. The molecular formula is C19H23NO4S. The number of rotatable bonds is 4. The van der Waals surface area contributed by atoms with Crippen LogP contribution in [-0.2, 0) is 19.5 Å². The molecule has 5 nitrogen and oxygen atoms in total. The number of benzene rings is 2. The first-order valence-corrected chi connectivity index (χ1v) is 10.3. The van der Waals surface area contributed by atoms with E-state index in [-0.39, 0.29) is 17.5 Å². The zero-order valence-corrected chi connectivity index (χ0v) is 14.9. The minimum absolute atomic E-state index is 0.228. The van der Waals surface area contributed by atoms with Crippen LogP contribution in [0.3, 0.4) is 0 Å². The predicted molar refractivity (Wildman–Crippen MR) is 95.8 cm³/mol. The summed E-state index contributed by atoms with van der Waals surface area (Å²) in [7, 11) is -3.57. The fourth-order valence-corrected chi connectivity index (χ4v) is 4.79. The summed E-state index contributed by atoms with van der Waals surface area (Å²) in [6.45, 7) is 0.678. The third-order valence-electron chi connectivity index (χ3n) is 5.06. The van der Waals surface area contributed by atoms with Gasteiger partial charge in [-0.05, 0) is 35.7 Å². The molecule has 2 aliphatic rings. The van der Waals surface area contributed by atoms with Crippen molar-refractivity contribution in [1.29, 1.82) is 0 Å². The van der Waals surface area contributed by atoms with Gasteiger partial charge in [0.25, 0.3) is 0 Å². The molecule has 25 heavy (non-hydrogen) atoms. The Morgan fingerprint density at radius 1 is 1.04 bits per heavy atom. The van der Waals surface area contributed by atoms with Crippen molar-refractivity contribution in [2.45, 2.75) is 48.9 Å². The molecule has 0 bridgehead atoms. The van der Waals surface area contributed by atoms with Gasteiger partial charge in [-0.15, -0.1) is 0 Å². The Hall–Kier alpha value is -1.47. The largest absolute Gasteiger partial charge is 0.347 e. The molecule has 1 saturated carbocycles. The van der Waals surface area contributed by atoms with Crippen molar-refractivity contribution in [3.05, 3.63) is 42.5 Å². The van der Waals surface area contributed by atoms with Crippen molar-refractivity contribution in [3.8, 4) is 0 Å². The molecule has 2 fully saturated rings. The van der Waals surface area contributed by atoms with Crippen molar-refractivity contribution in [1.82, 2.24) is 4.72 Å². The second kappa shape index (κ2) is 6.68. The van der Waals surface area contributed by atoms with E-state index in [4.69, 9.17) is 9.47 Å². The minimum Gasteiger partial charge on any atom is -0.347 e. The van der Waals surface area contributed by atoms with E-state index in [9.17, 15) is 8.42 Å². The van der Waals surface area contributed by atoms with Gasteiger partial charge in [0, 0.05) is 19.4 Å². The highest BCUT2D eigenvalue weighted by molar-refractivity contribution is 7.89. The number of hydrogen-bond acceptors (Lipinski definition) is 4. The van der Waals surface area contributed by atoms with E-state index in [1.165, 1.54) is 6.42 Å². The van der Waals surface area contributed by atoms with Crippen molar-refractivity contribution in [2.24, 2.45) is 0 Å². The molecule has 1 heterocycles. The molecule has 1 atom stereocenters. The standard InChI is InChI=1S/C19H23NO4S/c21-25(22,18-9-8-15-6-2-3-7-16(15)12-18)20-13-17-14-23-19(24-17)10-4-1-5-11-19/h2-3,6-9,12,17,20H,1,4-5,10-11,13-14H2. The third-order valence-corrected chi connectivity index (χ3v) is 6.48. The van der Waals surface area contributed by atoms with Gasteiger partial charge in [0.15, 0.2) is 5.79 Å². The van der Waals surface area contributed by atoms with Crippen LogP contribution < -0.4 is 4.72 Å². The molecule has 4 rings (SSSR count). The molecule has 1 saturated heterocycles. The highest BCUT2D eigenvalue weighted by Gasteiger charge is 2.42. The Labute approximate surface area is 148 Å². The molecule has 1 N–H and O–H groups in total. The number of sulfonamides is 1. The van der Waals surface area contributed by atoms with E-state index in [0.29, 0.717) is 6.61 Å².